The molecule has 54 valence electrons. The van der Waals surface area contributed by atoms with Crippen LogP contribution in [0.3, 0.4) is 0 Å². The molecule has 0 fully saturated rings. The summed E-state index contributed by atoms with van der Waals surface area (Å²) in [5, 5.41) is 0. The van der Waals surface area contributed by atoms with Crippen molar-refractivity contribution in [3.8, 4) is 11.3 Å². The summed E-state index contributed by atoms with van der Waals surface area (Å²) in [5.41, 5.74) is 1.28. The number of pyridine rings is 2. The van der Waals surface area contributed by atoms with E-state index in [1.807, 2.05) is 0 Å². The largest absolute Gasteiger partial charge is 0.361 e. The Hall–Kier alpha value is -1.64. The highest BCUT2D eigenvalue weighted by Crippen LogP contribution is 2.10. The van der Waals surface area contributed by atoms with E-state index in [1.54, 1.807) is 24.4 Å². The molecule has 3 nitrogen and oxygen atoms in total. The van der Waals surface area contributed by atoms with Gasteiger partial charge in [0.15, 0.2) is 0 Å². The molecule has 0 aromatic carbocycles. The highest BCUT2D eigenvalue weighted by Gasteiger charge is 2.02. The first-order valence-electron chi connectivity index (χ1n) is 3.30. The summed E-state index contributed by atoms with van der Waals surface area (Å²) in [5.74, 6) is 0. The Labute approximate surface area is 63.1 Å². The predicted molar refractivity (Wildman–Crippen MR) is 41.5 cm³/mol. The summed E-state index contributed by atoms with van der Waals surface area (Å²) in [6, 6.07) is 5.31. The van der Waals surface area contributed by atoms with Crippen LogP contribution in [0, 0.1) is 0 Å². The lowest BCUT2D eigenvalue weighted by molar-refractivity contribution is 1.19. The summed E-state index contributed by atoms with van der Waals surface area (Å²) in [4.78, 5) is 17.6. The highest BCUT2D eigenvalue weighted by atomic mass is 16.1. The van der Waals surface area contributed by atoms with Crippen molar-refractivity contribution in [1.29, 1.82) is 0 Å². The molecule has 2 heterocycles. The molecule has 0 aromatic heterocycles. The molecule has 0 aromatic rings. The van der Waals surface area contributed by atoms with Crippen LogP contribution in [0.1, 0.15) is 0 Å². The van der Waals surface area contributed by atoms with Crippen LogP contribution < -0.4 is 5.56 Å². The molecule has 2 aliphatic heterocycles. The van der Waals surface area contributed by atoms with E-state index in [4.69, 9.17) is 0 Å². The molecule has 0 saturated carbocycles. The number of aromatic amines is 1. The van der Waals surface area contributed by atoms with Crippen LogP contribution in [0.5, 0.6) is 0 Å². The second-order valence-electron chi connectivity index (χ2n) is 2.25. The molecule has 3 heteroatoms. The maximum atomic E-state index is 11.0. The van der Waals surface area contributed by atoms with Crippen LogP contribution >= 0.6 is 0 Å². The van der Waals surface area contributed by atoms with E-state index in [0.29, 0.717) is 5.56 Å². The Morgan fingerprint density at radius 3 is 3.09 bits per heavy atom. The number of hydrogen-bond donors (Lipinski definition) is 1. The van der Waals surface area contributed by atoms with E-state index in [9.17, 15) is 4.79 Å². The third-order valence-electron chi connectivity index (χ3n) is 1.55. The van der Waals surface area contributed by atoms with Gasteiger partial charge in [0.1, 0.15) is 0 Å². The van der Waals surface area contributed by atoms with Crippen LogP contribution in [-0.2, 0) is 0 Å². The van der Waals surface area contributed by atoms with Crippen LogP contribution in [-0.4, -0.2) is 9.97 Å². The SMILES string of the molecule is O=c1nccc2[nH]cccc1-2. The van der Waals surface area contributed by atoms with Gasteiger partial charge in [-0.05, 0) is 18.2 Å². The molecule has 0 unspecified atom stereocenters. The van der Waals surface area contributed by atoms with Crippen molar-refractivity contribution in [2.45, 2.75) is 0 Å². The molecule has 0 aliphatic carbocycles. The molecule has 11 heavy (non-hydrogen) atoms. The number of aromatic nitrogens is 2. The van der Waals surface area contributed by atoms with Gasteiger partial charge in [0.25, 0.3) is 5.56 Å². The zero-order chi connectivity index (χ0) is 7.68. The maximum absolute atomic E-state index is 11.0. The average molecular weight is 146 g/mol. The first-order chi connectivity index (χ1) is 5.38. The quantitative estimate of drug-likeness (QED) is 0.599. The summed E-state index contributed by atoms with van der Waals surface area (Å²) in [6.07, 6.45) is 3.28. The van der Waals surface area contributed by atoms with Gasteiger partial charge in [-0.25, -0.2) is 4.98 Å². The van der Waals surface area contributed by atoms with Crippen molar-refractivity contribution >= 4 is 0 Å². The first-order valence-corrected chi connectivity index (χ1v) is 3.30. The maximum Gasteiger partial charge on any atom is 0.279 e. The molecule has 0 spiro atoms. The Morgan fingerprint density at radius 1 is 1.36 bits per heavy atom. The average Bonchev–Trinajstić information content (AvgIpc) is 2.06. The summed E-state index contributed by atoms with van der Waals surface area (Å²) in [6.45, 7) is 0. The van der Waals surface area contributed by atoms with Gasteiger partial charge in [0.05, 0.1) is 11.3 Å². The summed E-state index contributed by atoms with van der Waals surface area (Å²) in [7, 11) is 0. The van der Waals surface area contributed by atoms with E-state index >= 15 is 0 Å². The van der Waals surface area contributed by atoms with Crippen LogP contribution in [0.4, 0.5) is 0 Å². The zero-order valence-corrected chi connectivity index (χ0v) is 5.74. The molecule has 0 atom stereocenters. The van der Waals surface area contributed by atoms with Gasteiger partial charge in [-0.2, -0.15) is 0 Å². The minimum absolute atomic E-state index is 0.181. The fourth-order valence-electron chi connectivity index (χ4n) is 1.02. The second-order valence-corrected chi connectivity index (χ2v) is 2.25. The van der Waals surface area contributed by atoms with Gasteiger partial charge in [-0.15, -0.1) is 0 Å². The molecule has 2 aliphatic rings. The topological polar surface area (TPSA) is 45.8 Å². The minimum atomic E-state index is -0.181. The number of nitrogens with zero attached hydrogens (tertiary/aromatic N) is 1. The monoisotopic (exact) mass is 146 g/mol. The molecule has 0 saturated heterocycles. The zero-order valence-electron chi connectivity index (χ0n) is 5.74. The van der Waals surface area contributed by atoms with E-state index in [0.717, 1.165) is 5.69 Å². The minimum Gasteiger partial charge on any atom is -0.361 e. The number of hydrogen-bond acceptors (Lipinski definition) is 2. The number of fused-ring (bicyclic) bond motifs is 1. The molecule has 0 amide bonds. The van der Waals surface area contributed by atoms with Gasteiger partial charge in [-0.3, -0.25) is 4.79 Å². The lowest BCUT2D eigenvalue weighted by atomic mass is 10.2. The molecular formula is C8H6N2O. The van der Waals surface area contributed by atoms with Crippen molar-refractivity contribution in [2.24, 2.45) is 0 Å². The molecule has 2 rings (SSSR count). The number of rotatable bonds is 0. The summed E-state index contributed by atoms with van der Waals surface area (Å²) >= 11 is 0. The lowest BCUT2D eigenvalue weighted by Gasteiger charge is -1.99. The van der Waals surface area contributed by atoms with Crippen molar-refractivity contribution in [2.75, 3.05) is 0 Å². The Bertz CT molecular complexity index is 394. The van der Waals surface area contributed by atoms with Gasteiger partial charge in [-0.1, -0.05) is 0 Å². The van der Waals surface area contributed by atoms with Crippen LogP contribution in [0.15, 0.2) is 35.4 Å². The fraction of sp³-hybridized carbons (Fsp3) is 0. The highest BCUT2D eigenvalue weighted by molar-refractivity contribution is 5.57. The molecule has 0 bridgehead atoms. The Kier molecular flexibility index (Phi) is 1.22. The van der Waals surface area contributed by atoms with E-state index < -0.39 is 0 Å². The van der Waals surface area contributed by atoms with Crippen molar-refractivity contribution in [1.82, 2.24) is 9.97 Å². The van der Waals surface area contributed by atoms with E-state index in [-0.39, 0.29) is 5.56 Å². The standard InChI is InChI=1S/C8H6N2O/c11-8-6-2-1-4-9-7(6)3-5-10-8/h1-5,9H. The second kappa shape index (κ2) is 2.20. The van der Waals surface area contributed by atoms with E-state index in [2.05, 4.69) is 9.97 Å². The fourth-order valence-corrected chi connectivity index (χ4v) is 1.02. The third-order valence-corrected chi connectivity index (χ3v) is 1.55. The normalized spacial score (nSPS) is 10.2. The van der Waals surface area contributed by atoms with Crippen LogP contribution in [0.2, 0.25) is 0 Å². The van der Waals surface area contributed by atoms with Gasteiger partial charge in [0.2, 0.25) is 0 Å². The van der Waals surface area contributed by atoms with Crippen molar-refractivity contribution < 1.29 is 0 Å². The molecule has 0 radical (unpaired) electrons. The van der Waals surface area contributed by atoms with Crippen molar-refractivity contribution in [3.63, 3.8) is 0 Å². The number of nitrogens with one attached hydrogen (secondary N) is 1. The molecule has 1 N–H and O–H groups in total. The van der Waals surface area contributed by atoms with Gasteiger partial charge in [0, 0.05) is 12.4 Å². The van der Waals surface area contributed by atoms with Gasteiger partial charge >= 0.3 is 0 Å². The van der Waals surface area contributed by atoms with Crippen molar-refractivity contribution in [3.05, 3.63) is 40.9 Å². The predicted octanol–water partition coefficient (Wildman–Crippen LogP) is 0.875. The van der Waals surface area contributed by atoms with Crippen LogP contribution in [0.25, 0.3) is 11.3 Å². The smallest absolute Gasteiger partial charge is 0.279 e. The Balaban J connectivity index is 2.90. The van der Waals surface area contributed by atoms with E-state index in [1.165, 1.54) is 6.20 Å². The lowest BCUT2D eigenvalue weighted by Crippen LogP contribution is -2.08. The van der Waals surface area contributed by atoms with Gasteiger partial charge < -0.3 is 4.98 Å². The summed E-state index contributed by atoms with van der Waals surface area (Å²) < 4.78 is 0. The first kappa shape index (κ1) is 6.09. The number of H-pyrrole nitrogens is 1. The molecular weight excluding hydrogens is 140 g/mol. The third kappa shape index (κ3) is 0.902. The Morgan fingerprint density at radius 2 is 2.27 bits per heavy atom.